The Balaban J connectivity index is 0.00000205. The highest BCUT2D eigenvalue weighted by atomic mass is 35.5. The van der Waals surface area contributed by atoms with E-state index in [1.54, 1.807) is 11.3 Å². The van der Waals surface area contributed by atoms with Gasteiger partial charge in [-0.15, -0.1) is 0 Å². The van der Waals surface area contributed by atoms with Crippen LogP contribution in [0.5, 0.6) is 0 Å². The molecule has 4 aliphatic rings. The van der Waals surface area contributed by atoms with Gasteiger partial charge in [0.1, 0.15) is 0 Å². The Morgan fingerprint density at radius 2 is 1.72 bits per heavy atom. The lowest BCUT2D eigenvalue weighted by molar-refractivity contribution is -0.689. The Labute approximate surface area is 183 Å². The Hall–Kier alpha value is -1.39. The molecule has 4 aliphatic carbocycles. The molecule has 1 heterocycles. The molecule has 4 saturated carbocycles. The van der Waals surface area contributed by atoms with Crippen molar-refractivity contribution in [3.8, 4) is 0 Å². The minimum Gasteiger partial charge on any atom is -1.00 e. The molecule has 0 atom stereocenters. The molecule has 1 aromatic heterocycles. The summed E-state index contributed by atoms with van der Waals surface area (Å²) in [4.78, 5) is 14.3. The maximum Gasteiger partial charge on any atom is 0.312 e. The lowest BCUT2D eigenvalue weighted by Gasteiger charge is -2.55. The van der Waals surface area contributed by atoms with E-state index in [2.05, 4.69) is 47.3 Å². The van der Waals surface area contributed by atoms with E-state index in [1.807, 2.05) is 0 Å². The van der Waals surface area contributed by atoms with Crippen molar-refractivity contribution in [3.05, 3.63) is 52.0 Å². The summed E-state index contributed by atoms with van der Waals surface area (Å²) in [7, 11) is 0. The number of nitrogens with zero attached hydrogens (tertiary/aromatic N) is 1. The van der Waals surface area contributed by atoms with Gasteiger partial charge in [0.2, 0.25) is 5.51 Å². The second kappa shape index (κ2) is 8.39. The smallest absolute Gasteiger partial charge is 0.312 e. The lowest BCUT2D eigenvalue weighted by Crippen LogP contribution is -3.00. The number of esters is 1. The van der Waals surface area contributed by atoms with Crippen LogP contribution >= 0.6 is 11.3 Å². The molecule has 6 rings (SSSR count). The van der Waals surface area contributed by atoms with E-state index >= 15 is 0 Å². The minimum atomic E-state index is -0.132. The van der Waals surface area contributed by atoms with E-state index in [4.69, 9.17) is 4.74 Å². The molecule has 1 aromatic carbocycles. The Bertz CT molecular complexity index is 828. The van der Waals surface area contributed by atoms with E-state index in [0.29, 0.717) is 6.61 Å². The lowest BCUT2D eigenvalue weighted by atomic mass is 9.49. The summed E-state index contributed by atoms with van der Waals surface area (Å²) >= 11 is 1.78. The second-order valence-electron chi connectivity index (χ2n) is 9.43. The van der Waals surface area contributed by atoms with Gasteiger partial charge in [-0.1, -0.05) is 41.7 Å². The van der Waals surface area contributed by atoms with Crippen LogP contribution < -0.4 is 17.0 Å². The Morgan fingerprint density at radius 3 is 2.34 bits per heavy atom. The van der Waals surface area contributed by atoms with Crippen molar-refractivity contribution in [1.82, 2.24) is 0 Å². The predicted molar refractivity (Wildman–Crippen MR) is 110 cm³/mol. The Morgan fingerprint density at radius 1 is 1.10 bits per heavy atom. The van der Waals surface area contributed by atoms with Crippen molar-refractivity contribution >= 4 is 17.3 Å². The SMILES string of the molecule is Cc1c(CCOC(=O)C23CC4CC(CC(C4)C2)C3)sc[n+]1Cc1ccccc1.[Cl-]. The van der Waals surface area contributed by atoms with E-state index < -0.39 is 0 Å². The topological polar surface area (TPSA) is 30.2 Å². The third-order valence-electron chi connectivity index (χ3n) is 7.39. The van der Waals surface area contributed by atoms with Gasteiger partial charge in [-0.05, 0) is 56.3 Å². The van der Waals surface area contributed by atoms with Gasteiger partial charge in [-0.25, -0.2) is 0 Å². The monoisotopic (exact) mass is 431 g/mol. The number of thiazole rings is 1. The molecule has 0 saturated heterocycles. The molecule has 0 amide bonds. The fraction of sp³-hybridized carbons (Fsp3) is 0.583. The second-order valence-corrected chi connectivity index (χ2v) is 10.4. The van der Waals surface area contributed by atoms with Crippen LogP contribution in [0.15, 0.2) is 35.8 Å². The van der Waals surface area contributed by atoms with Gasteiger partial charge in [-0.2, -0.15) is 4.57 Å². The predicted octanol–water partition coefficient (Wildman–Crippen LogP) is 1.70. The molecule has 0 N–H and O–H groups in total. The number of hydrogen-bond donors (Lipinski definition) is 0. The van der Waals surface area contributed by atoms with E-state index in [9.17, 15) is 4.79 Å². The zero-order valence-electron chi connectivity index (χ0n) is 17.1. The summed E-state index contributed by atoms with van der Waals surface area (Å²) in [6, 6.07) is 10.6. The summed E-state index contributed by atoms with van der Waals surface area (Å²) in [6.07, 6.45) is 8.19. The number of halogens is 1. The number of benzene rings is 1. The molecule has 4 fully saturated rings. The van der Waals surface area contributed by atoms with Crippen LogP contribution in [0.2, 0.25) is 0 Å². The van der Waals surface area contributed by atoms with Crippen LogP contribution in [-0.4, -0.2) is 12.6 Å². The highest BCUT2D eigenvalue weighted by molar-refractivity contribution is 7.09. The number of ether oxygens (including phenoxy) is 1. The molecule has 0 unspecified atom stereocenters. The number of rotatable bonds is 6. The number of carbonyl (C=O) groups excluding carboxylic acids is 1. The van der Waals surface area contributed by atoms with Crippen molar-refractivity contribution < 1.29 is 26.5 Å². The first-order valence-electron chi connectivity index (χ1n) is 10.8. The van der Waals surface area contributed by atoms with Gasteiger partial charge in [0.05, 0.1) is 16.9 Å². The summed E-state index contributed by atoms with van der Waals surface area (Å²) in [5, 5.41) is 0. The first-order valence-corrected chi connectivity index (χ1v) is 11.7. The molecule has 5 heteroatoms. The quantitative estimate of drug-likeness (QED) is 0.514. The first kappa shape index (κ1) is 20.9. The van der Waals surface area contributed by atoms with Crippen molar-refractivity contribution in [2.45, 2.75) is 58.4 Å². The van der Waals surface area contributed by atoms with Crippen molar-refractivity contribution in [3.63, 3.8) is 0 Å². The van der Waals surface area contributed by atoms with Crippen molar-refractivity contribution in [2.24, 2.45) is 23.2 Å². The van der Waals surface area contributed by atoms with Gasteiger partial charge >= 0.3 is 5.97 Å². The molecular formula is C24H30ClNO2S. The first-order chi connectivity index (χ1) is 13.6. The Kier molecular flexibility index (Phi) is 6.04. The maximum absolute atomic E-state index is 13.0. The van der Waals surface area contributed by atoms with E-state index in [1.165, 1.54) is 35.4 Å². The molecule has 156 valence electrons. The summed E-state index contributed by atoms with van der Waals surface area (Å²) < 4.78 is 8.17. The van der Waals surface area contributed by atoms with Crippen LogP contribution in [-0.2, 0) is 22.5 Å². The van der Waals surface area contributed by atoms with Crippen molar-refractivity contribution in [1.29, 1.82) is 0 Å². The van der Waals surface area contributed by atoms with Crippen LogP contribution in [0.1, 0.15) is 54.7 Å². The fourth-order valence-corrected chi connectivity index (χ4v) is 7.35. The molecule has 4 bridgehead atoms. The maximum atomic E-state index is 13.0. The molecule has 3 nitrogen and oxygen atoms in total. The fourth-order valence-electron chi connectivity index (χ4n) is 6.38. The van der Waals surface area contributed by atoms with Gasteiger partial charge < -0.3 is 17.1 Å². The van der Waals surface area contributed by atoms with Gasteiger partial charge in [0.25, 0.3) is 0 Å². The largest absolute Gasteiger partial charge is 1.00 e. The van der Waals surface area contributed by atoms with E-state index in [-0.39, 0.29) is 23.8 Å². The molecule has 0 spiro atoms. The third-order valence-corrected chi connectivity index (χ3v) is 8.53. The molecule has 0 aliphatic heterocycles. The summed E-state index contributed by atoms with van der Waals surface area (Å²) in [5.74, 6) is 2.47. The van der Waals surface area contributed by atoms with Crippen molar-refractivity contribution in [2.75, 3.05) is 6.61 Å². The zero-order chi connectivity index (χ0) is 19.1. The number of aromatic nitrogens is 1. The molecule has 0 radical (unpaired) electrons. The van der Waals surface area contributed by atoms with Gasteiger partial charge in [0, 0.05) is 18.9 Å². The highest BCUT2D eigenvalue weighted by Gasteiger charge is 2.55. The summed E-state index contributed by atoms with van der Waals surface area (Å²) in [6.45, 7) is 3.60. The normalized spacial score (nSPS) is 29.5. The molecule has 2 aromatic rings. The zero-order valence-corrected chi connectivity index (χ0v) is 18.7. The van der Waals surface area contributed by atoms with Crippen LogP contribution in [0.4, 0.5) is 0 Å². The van der Waals surface area contributed by atoms with Gasteiger partial charge in [0.15, 0.2) is 12.2 Å². The average Bonchev–Trinajstić information content (AvgIpc) is 3.01. The summed E-state index contributed by atoms with van der Waals surface area (Å²) in [5.41, 5.74) is 4.67. The van der Waals surface area contributed by atoms with Crippen LogP contribution in [0.25, 0.3) is 0 Å². The third kappa shape index (κ3) is 4.11. The molecular weight excluding hydrogens is 402 g/mol. The highest BCUT2D eigenvalue weighted by Crippen LogP contribution is 2.60. The van der Waals surface area contributed by atoms with Gasteiger partial charge in [-0.3, -0.25) is 4.79 Å². The number of carbonyl (C=O) groups is 1. The van der Waals surface area contributed by atoms with Crippen LogP contribution in [0, 0.1) is 30.1 Å². The minimum absolute atomic E-state index is 0. The number of hydrogen-bond acceptors (Lipinski definition) is 3. The standard InChI is InChI=1S/C24H30NO2S.ClH/c1-17-22(28-16-25(17)15-18-5-3-2-4-6-18)7-8-27-23(26)24-12-19-9-20(13-24)11-21(10-19)14-24;/h2-6,16,19-21H,7-15H2,1H3;1H/q+1;/p-1. The molecule has 29 heavy (non-hydrogen) atoms. The van der Waals surface area contributed by atoms with Crippen LogP contribution in [0.3, 0.4) is 0 Å². The average molecular weight is 432 g/mol. The van der Waals surface area contributed by atoms with E-state index in [0.717, 1.165) is 50.0 Å².